The van der Waals surface area contributed by atoms with Crippen LogP contribution in [-0.4, -0.2) is 15.0 Å². The zero-order valence-corrected chi connectivity index (χ0v) is 6.52. The summed E-state index contributed by atoms with van der Waals surface area (Å²) in [5.41, 5.74) is 6.11. The van der Waals surface area contributed by atoms with Gasteiger partial charge in [0.2, 0.25) is 0 Å². The number of nitrogens with one attached hydrogen (secondary N) is 1. The number of aromatic amines is 1. The Kier molecular flexibility index (Phi) is 1.59. The molecule has 0 aliphatic carbocycles. The molecule has 0 bridgehead atoms. The van der Waals surface area contributed by atoms with Gasteiger partial charge in [-0.25, -0.2) is 9.78 Å². The molecule has 0 aliphatic rings. The molecule has 0 atom stereocenters. The minimum Gasteiger partial charge on any atom is -0.451 e. The van der Waals surface area contributed by atoms with Crippen molar-refractivity contribution >= 4 is 5.82 Å². The third-order valence-electron chi connectivity index (χ3n) is 1.55. The molecule has 3 N–H and O–H groups in total. The first-order valence-electron chi connectivity index (χ1n) is 3.51. The molecule has 6 heteroatoms. The van der Waals surface area contributed by atoms with Crippen LogP contribution < -0.4 is 11.4 Å². The van der Waals surface area contributed by atoms with Crippen LogP contribution in [0.5, 0.6) is 0 Å². The third-order valence-corrected chi connectivity index (χ3v) is 1.55. The molecular weight excluding hydrogens is 172 g/mol. The lowest BCUT2D eigenvalue weighted by atomic mass is 10.2. The first-order chi connectivity index (χ1) is 6.27. The SMILES string of the molecule is Nc1nc(=O)[nH]cc1-c1cocn1. The van der Waals surface area contributed by atoms with E-state index >= 15 is 0 Å². The van der Waals surface area contributed by atoms with Gasteiger partial charge in [-0.3, -0.25) is 0 Å². The van der Waals surface area contributed by atoms with Crippen LogP contribution in [0.2, 0.25) is 0 Å². The fourth-order valence-electron chi connectivity index (χ4n) is 0.960. The third kappa shape index (κ3) is 1.28. The highest BCUT2D eigenvalue weighted by atomic mass is 16.3. The zero-order chi connectivity index (χ0) is 9.26. The Labute approximate surface area is 72.4 Å². The molecule has 2 aromatic heterocycles. The van der Waals surface area contributed by atoms with Gasteiger partial charge in [0.1, 0.15) is 17.8 Å². The van der Waals surface area contributed by atoms with Gasteiger partial charge in [-0.2, -0.15) is 4.98 Å². The second kappa shape index (κ2) is 2.74. The zero-order valence-electron chi connectivity index (χ0n) is 6.52. The van der Waals surface area contributed by atoms with Crippen LogP contribution in [0.4, 0.5) is 5.82 Å². The van der Waals surface area contributed by atoms with Gasteiger partial charge in [0.25, 0.3) is 0 Å². The highest BCUT2D eigenvalue weighted by Crippen LogP contribution is 2.19. The van der Waals surface area contributed by atoms with Gasteiger partial charge in [0.05, 0.1) is 5.56 Å². The highest BCUT2D eigenvalue weighted by Gasteiger charge is 2.06. The van der Waals surface area contributed by atoms with Crippen LogP contribution in [0.3, 0.4) is 0 Å². The van der Waals surface area contributed by atoms with Gasteiger partial charge >= 0.3 is 5.69 Å². The number of H-pyrrole nitrogens is 1. The molecule has 13 heavy (non-hydrogen) atoms. The molecule has 2 heterocycles. The Morgan fingerprint density at radius 1 is 1.54 bits per heavy atom. The van der Waals surface area contributed by atoms with Crippen molar-refractivity contribution in [3.8, 4) is 11.3 Å². The quantitative estimate of drug-likeness (QED) is 0.640. The fourth-order valence-corrected chi connectivity index (χ4v) is 0.960. The van der Waals surface area contributed by atoms with Gasteiger partial charge in [-0.15, -0.1) is 0 Å². The lowest BCUT2D eigenvalue weighted by molar-refractivity contribution is 0.558. The second-order valence-corrected chi connectivity index (χ2v) is 2.38. The molecule has 0 radical (unpaired) electrons. The van der Waals surface area contributed by atoms with E-state index in [9.17, 15) is 4.79 Å². The topological polar surface area (TPSA) is 97.8 Å². The Morgan fingerprint density at radius 3 is 3.00 bits per heavy atom. The largest absolute Gasteiger partial charge is 0.451 e. The fraction of sp³-hybridized carbons (Fsp3) is 0. The van der Waals surface area contributed by atoms with Gasteiger partial charge in [-0.05, 0) is 0 Å². The number of nitrogen functional groups attached to an aromatic ring is 1. The predicted molar refractivity (Wildman–Crippen MR) is 44.8 cm³/mol. The molecule has 0 amide bonds. The van der Waals surface area contributed by atoms with E-state index in [0.29, 0.717) is 11.3 Å². The maximum atomic E-state index is 10.7. The molecule has 0 saturated carbocycles. The monoisotopic (exact) mass is 178 g/mol. The molecule has 0 saturated heterocycles. The maximum absolute atomic E-state index is 10.7. The summed E-state index contributed by atoms with van der Waals surface area (Å²) < 4.78 is 4.77. The number of aromatic nitrogens is 3. The highest BCUT2D eigenvalue weighted by molar-refractivity contribution is 5.68. The number of nitrogens with zero attached hydrogens (tertiary/aromatic N) is 2. The first kappa shape index (κ1) is 7.53. The first-order valence-corrected chi connectivity index (χ1v) is 3.51. The van der Waals surface area contributed by atoms with Crippen molar-refractivity contribution in [2.45, 2.75) is 0 Å². The Balaban J connectivity index is 2.60. The number of nitrogens with two attached hydrogens (primary N) is 1. The van der Waals surface area contributed by atoms with Gasteiger partial charge in [0, 0.05) is 6.20 Å². The minimum absolute atomic E-state index is 0.137. The van der Waals surface area contributed by atoms with Crippen molar-refractivity contribution in [2.24, 2.45) is 0 Å². The summed E-state index contributed by atoms with van der Waals surface area (Å²) in [6, 6.07) is 0. The number of oxazole rings is 1. The molecule has 2 rings (SSSR count). The van der Waals surface area contributed by atoms with Crippen molar-refractivity contribution in [1.82, 2.24) is 15.0 Å². The summed E-state index contributed by atoms with van der Waals surface area (Å²) in [6.45, 7) is 0. The smallest absolute Gasteiger partial charge is 0.346 e. The number of hydrogen-bond acceptors (Lipinski definition) is 5. The minimum atomic E-state index is -0.482. The van der Waals surface area contributed by atoms with E-state index in [1.807, 2.05) is 0 Å². The number of hydrogen-bond donors (Lipinski definition) is 2. The van der Waals surface area contributed by atoms with Crippen LogP contribution in [0.1, 0.15) is 0 Å². The van der Waals surface area contributed by atoms with Crippen molar-refractivity contribution < 1.29 is 4.42 Å². The lowest BCUT2D eigenvalue weighted by Crippen LogP contribution is -2.12. The van der Waals surface area contributed by atoms with Crippen molar-refractivity contribution in [2.75, 3.05) is 5.73 Å². The van der Waals surface area contributed by atoms with Crippen LogP contribution >= 0.6 is 0 Å². The average molecular weight is 178 g/mol. The summed E-state index contributed by atoms with van der Waals surface area (Å²) >= 11 is 0. The van der Waals surface area contributed by atoms with Crippen LogP contribution in [-0.2, 0) is 0 Å². The van der Waals surface area contributed by atoms with E-state index in [1.54, 1.807) is 0 Å². The van der Waals surface area contributed by atoms with Crippen LogP contribution in [0.25, 0.3) is 11.3 Å². The van der Waals surface area contributed by atoms with Gasteiger partial charge in [-0.1, -0.05) is 0 Å². The normalized spacial score (nSPS) is 10.2. The summed E-state index contributed by atoms with van der Waals surface area (Å²) in [5, 5.41) is 0. The molecule has 6 nitrogen and oxygen atoms in total. The molecule has 0 fully saturated rings. The molecule has 2 aromatic rings. The Bertz CT molecular complexity index is 460. The van der Waals surface area contributed by atoms with E-state index in [-0.39, 0.29) is 5.82 Å². The maximum Gasteiger partial charge on any atom is 0.346 e. The van der Waals surface area contributed by atoms with Crippen LogP contribution in [0, 0.1) is 0 Å². The van der Waals surface area contributed by atoms with E-state index in [1.165, 1.54) is 18.9 Å². The summed E-state index contributed by atoms with van der Waals surface area (Å²) in [5.74, 6) is 0.137. The predicted octanol–water partition coefficient (Wildman–Crippen LogP) is 0.00710. The summed E-state index contributed by atoms with van der Waals surface area (Å²) in [7, 11) is 0. The van der Waals surface area contributed by atoms with E-state index in [2.05, 4.69) is 15.0 Å². The van der Waals surface area contributed by atoms with Crippen molar-refractivity contribution in [1.29, 1.82) is 0 Å². The van der Waals surface area contributed by atoms with Crippen molar-refractivity contribution in [3.05, 3.63) is 29.3 Å². The molecule has 0 aromatic carbocycles. The van der Waals surface area contributed by atoms with E-state index in [0.717, 1.165) is 0 Å². The number of rotatable bonds is 1. The molecule has 0 spiro atoms. The molecule has 66 valence electrons. The average Bonchev–Trinajstić information content (AvgIpc) is 2.56. The van der Waals surface area contributed by atoms with E-state index < -0.39 is 5.69 Å². The molecular formula is C7H6N4O2. The molecule has 0 unspecified atom stereocenters. The van der Waals surface area contributed by atoms with E-state index in [4.69, 9.17) is 10.2 Å². The number of anilines is 1. The summed E-state index contributed by atoms with van der Waals surface area (Å²) in [6.07, 6.45) is 4.15. The van der Waals surface area contributed by atoms with Crippen LogP contribution in [0.15, 0.2) is 28.1 Å². The van der Waals surface area contributed by atoms with Gasteiger partial charge < -0.3 is 15.1 Å². The van der Waals surface area contributed by atoms with Crippen molar-refractivity contribution in [3.63, 3.8) is 0 Å². The Hall–Kier alpha value is -2.11. The molecule has 0 aliphatic heterocycles. The standard InChI is InChI=1S/C7H6N4O2/c8-6-4(1-9-7(12)11-6)5-2-13-3-10-5/h1-3H,(H3,8,9,11,12). The summed E-state index contributed by atoms with van der Waals surface area (Å²) in [4.78, 5) is 20.5. The second-order valence-electron chi connectivity index (χ2n) is 2.38. The Morgan fingerprint density at radius 2 is 2.38 bits per heavy atom. The van der Waals surface area contributed by atoms with Gasteiger partial charge in [0.15, 0.2) is 6.39 Å². The lowest BCUT2D eigenvalue weighted by Gasteiger charge is -1.97.